The van der Waals surface area contributed by atoms with Gasteiger partial charge < -0.3 is 10.6 Å². The number of hydrogen-bond donors (Lipinski definition) is 2. The summed E-state index contributed by atoms with van der Waals surface area (Å²) in [7, 11) is 0. The van der Waals surface area contributed by atoms with Gasteiger partial charge in [0.15, 0.2) is 0 Å². The molecule has 1 saturated carbocycles. The summed E-state index contributed by atoms with van der Waals surface area (Å²) in [6, 6.07) is 0. The summed E-state index contributed by atoms with van der Waals surface area (Å²) in [4.78, 5) is 14.7. The van der Waals surface area contributed by atoms with E-state index in [2.05, 4.69) is 29.4 Å². The maximum absolute atomic E-state index is 12.3. The van der Waals surface area contributed by atoms with Crippen molar-refractivity contribution in [2.75, 3.05) is 39.3 Å². The third kappa shape index (κ3) is 4.46. The second-order valence-electron chi connectivity index (χ2n) is 6.77. The number of amides is 1. The van der Waals surface area contributed by atoms with E-state index in [9.17, 15) is 4.79 Å². The van der Waals surface area contributed by atoms with Crippen LogP contribution in [-0.2, 0) is 4.79 Å². The molecule has 2 aliphatic rings. The van der Waals surface area contributed by atoms with Gasteiger partial charge in [0.1, 0.15) is 0 Å². The molecule has 19 heavy (non-hydrogen) atoms. The molecule has 0 bridgehead atoms. The Labute approximate surface area is 117 Å². The van der Waals surface area contributed by atoms with Crippen molar-refractivity contribution in [1.82, 2.24) is 15.5 Å². The van der Waals surface area contributed by atoms with Crippen LogP contribution < -0.4 is 10.6 Å². The lowest BCUT2D eigenvalue weighted by Gasteiger charge is -2.34. The Hall–Kier alpha value is -0.610. The smallest absolute Gasteiger partial charge is 0.226 e. The van der Waals surface area contributed by atoms with Gasteiger partial charge in [0, 0.05) is 39.3 Å². The Morgan fingerprint density at radius 1 is 1.26 bits per heavy atom. The first-order valence-electron chi connectivity index (χ1n) is 7.79. The predicted molar refractivity (Wildman–Crippen MR) is 78.1 cm³/mol. The van der Waals surface area contributed by atoms with Gasteiger partial charge in [-0.3, -0.25) is 9.69 Å². The summed E-state index contributed by atoms with van der Waals surface area (Å²) in [6.07, 6.45) is 5.26. The molecular formula is C15H29N3O. The molecule has 2 rings (SSSR count). The van der Waals surface area contributed by atoms with Crippen LogP contribution in [0.25, 0.3) is 0 Å². The van der Waals surface area contributed by atoms with Gasteiger partial charge in [-0.2, -0.15) is 0 Å². The zero-order valence-corrected chi connectivity index (χ0v) is 12.5. The molecule has 4 nitrogen and oxygen atoms in total. The molecule has 1 aliphatic carbocycles. The average molecular weight is 267 g/mol. The molecule has 1 heterocycles. The van der Waals surface area contributed by atoms with Crippen molar-refractivity contribution in [1.29, 1.82) is 0 Å². The minimum Gasteiger partial charge on any atom is -0.355 e. The molecule has 1 amide bonds. The summed E-state index contributed by atoms with van der Waals surface area (Å²) in [6.45, 7) is 10.1. The van der Waals surface area contributed by atoms with Gasteiger partial charge >= 0.3 is 0 Å². The Kier molecular flexibility index (Phi) is 5.22. The van der Waals surface area contributed by atoms with E-state index in [1.54, 1.807) is 0 Å². The van der Waals surface area contributed by atoms with Crippen LogP contribution in [0.2, 0.25) is 0 Å². The van der Waals surface area contributed by atoms with Gasteiger partial charge in [-0.05, 0) is 32.6 Å². The fraction of sp³-hybridized carbons (Fsp3) is 0.933. The maximum Gasteiger partial charge on any atom is 0.226 e. The van der Waals surface area contributed by atoms with Gasteiger partial charge in [0.05, 0.1) is 5.41 Å². The van der Waals surface area contributed by atoms with Crippen LogP contribution in [0.4, 0.5) is 0 Å². The molecule has 0 aromatic carbocycles. The molecule has 0 spiro atoms. The first-order valence-corrected chi connectivity index (χ1v) is 7.79. The van der Waals surface area contributed by atoms with Crippen molar-refractivity contribution in [3.63, 3.8) is 0 Å². The number of rotatable bonds is 5. The molecule has 2 N–H and O–H groups in total. The van der Waals surface area contributed by atoms with E-state index < -0.39 is 0 Å². The topological polar surface area (TPSA) is 44.4 Å². The fourth-order valence-electron chi connectivity index (χ4n) is 3.19. The zero-order valence-electron chi connectivity index (χ0n) is 12.5. The van der Waals surface area contributed by atoms with Crippen molar-refractivity contribution in [2.45, 2.75) is 39.5 Å². The van der Waals surface area contributed by atoms with Crippen molar-refractivity contribution >= 4 is 5.91 Å². The molecule has 0 atom stereocenters. The van der Waals surface area contributed by atoms with Crippen LogP contribution in [-0.4, -0.2) is 50.1 Å². The maximum atomic E-state index is 12.3. The molecular weight excluding hydrogens is 238 g/mol. The molecule has 1 aliphatic heterocycles. The van der Waals surface area contributed by atoms with Crippen molar-refractivity contribution < 1.29 is 4.79 Å². The van der Waals surface area contributed by atoms with Crippen LogP contribution in [0.5, 0.6) is 0 Å². The predicted octanol–water partition coefficient (Wildman–Crippen LogP) is 1.22. The van der Waals surface area contributed by atoms with Crippen LogP contribution in [0.1, 0.15) is 39.5 Å². The number of carbonyl (C=O) groups excluding carboxylic acids is 1. The SMILES string of the molecule is CC(C)(CN1CCNCC1)C(=O)NCC1CCCC1. The van der Waals surface area contributed by atoms with Crippen molar-refractivity contribution in [3.05, 3.63) is 0 Å². The summed E-state index contributed by atoms with van der Waals surface area (Å²) in [5.74, 6) is 0.942. The van der Waals surface area contributed by atoms with E-state index >= 15 is 0 Å². The zero-order chi connectivity index (χ0) is 13.7. The average Bonchev–Trinajstić information content (AvgIpc) is 2.89. The van der Waals surface area contributed by atoms with Crippen LogP contribution in [0.3, 0.4) is 0 Å². The summed E-state index contributed by atoms with van der Waals surface area (Å²) < 4.78 is 0. The van der Waals surface area contributed by atoms with Crippen LogP contribution in [0.15, 0.2) is 0 Å². The summed E-state index contributed by atoms with van der Waals surface area (Å²) >= 11 is 0. The number of carbonyl (C=O) groups is 1. The minimum atomic E-state index is -0.282. The van der Waals surface area contributed by atoms with Gasteiger partial charge in [0.2, 0.25) is 5.91 Å². The molecule has 2 fully saturated rings. The molecule has 110 valence electrons. The lowest BCUT2D eigenvalue weighted by Crippen LogP contribution is -2.51. The second kappa shape index (κ2) is 6.71. The van der Waals surface area contributed by atoms with E-state index in [-0.39, 0.29) is 11.3 Å². The number of piperazine rings is 1. The Bertz CT molecular complexity index is 292. The standard InChI is InChI=1S/C15H29N3O/c1-15(2,12-18-9-7-16-8-10-18)14(19)17-11-13-5-3-4-6-13/h13,16H,3-12H2,1-2H3,(H,17,19). The minimum absolute atomic E-state index is 0.220. The molecule has 1 saturated heterocycles. The monoisotopic (exact) mass is 267 g/mol. The first kappa shape index (κ1) is 14.8. The third-order valence-corrected chi connectivity index (χ3v) is 4.47. The summed E-state index contributed by atoms with van der Waals surface area (Å²) in [5.41, 5.74) is -0.282. The molecule has 0 radical (unpaired) electrons. The number of hydrogen-bond acceptors (Lipinski definition) is 3. The van der Waals surface area contributed by atoms with E-state index in [4.69, 9.17) is 0 Å². The quantitative estimate of drug-likeness (QED) is 0.787. The lowest BCUT2D eigenvalue weighted by molar-refractivity contribution is -0.130. The molecule has 0 aromatic rings. The van der Waals surface area contributed by atoms with E-state index in [0.29, 0.717) is 0 Å². The largest absolute Gasteiger partial charge is 0.355 e. The Morgan fingerprint density at radius 2 is 1.89 bits per heavy atom. The molecule has 4 heteroatoms. The Morgan fingerprint density at radius 3 is 2.53 bits per heavy atom. The van der Waals surface area contributed by atoms with Crippen LogP contribution in [0, 0.1) is 11.3 Å². The highest BCUT2D eigenvalue weighted by atomic mass is 16.2. The number of nitrogens with zero attached hydrogens (tertiary/aromatic N) is 1. The van der Waals surface area contributed by atoms with Crippen molar-refractivity contribution in [3.8, 4) is 0 Å². The van der Waals surface area contributed by atoms with Gasteiger partial charge in [0.25, 0.3) is 0 Å². The highest BCUT2D eigenvalue weighted by Crippen LogP contribution is 2.24. The van der Waals surface area contributed by atoms with Gasteiger partial charge in [-0.15, -0.1) is 0 Å². The van der Waals surface area contributed by atoms with Gasteiger partial charge in [-0.1, -0.05) is 12.8 Å². The lowest BCUT2D eigenvalue weighted by atomic mass is 9.91. The highest BCUT2D eigenvalue weighted by molar-refractivity contribution is 5.82. The fourth-order valence-corrected chi connectivity index (χ4v) is 3.19. The Balaban J connectivity index is 1.74. The van der Waals surface area contributed by atoms with E-state index in [1.807, 2.05) is 0 Å². The van der Waals surface area contributed by atoms with Crippen LogP contribution >= 0.6 is 0 Å². The van der Waals surface area contributed by atoms with Crippen molar-refractivity contribution in [2.24, 2.45) is 11.3 Å². The first-order chi connectivity index (χ1) is 9.08. The normalized spacial score (nSPS) is 22.6. The highest BCUT2D eigenvalue weighted by Gasteiger charge is 2.31. The van der Waals surface area contributed by atoms with E-state index in [0.717, 1.165) is 45.2 Å². The molecule has 0 unspecified atom stereocenters. The summed E-state index contributed by atoms with van der Waals surface area (Å²) in [5, 5.41) is 6.52. The van der Waals surface area contributed by atoms with Gasteiger partial charge in [-0.25, -0.2) is 0 Å². The number of nitrogens with one attached hydrogen (secondary N) is 2. The van der Waals surface area contributed by atoms with E-state index in [1.165, 1.54) is 25.7 Å². The second-order valence-corrected chi connectivity index (χ2v) is 6.77. The molecule has 0 aromatic heterocycles. The third-order valence-electron chi connectivity index (χ3n) is 4.47.